The summed E-state index contributed by atoms with van der Waals surface area (Å²) in [5, 5.41) is 17.4. The van der Waals surface area contributed by atoms with Crippen LogP contribution in [0.25, 0.3) is 11.3 Å². The first-order valence-electron chi connectivity index (χ1n) is 6.53. The highest BCUT2D eigenvalue weighted by Crippen LogP contribution is 2.32. The molecule has 0 atom stereocenters. The van der Waals surface area contributed by atoms with Gasteiger partial charge in [-0.1, -0.05) is 12.1 Å². The Balaban J connectivity index is 2.03. The summed E-state index contributed by atoms with van der Waals surface area (Å²) in [6, 6.07) is 7.33. The van der Waals surface area contributed by atoms with Crippen molar-refractivity contribution < 1.29 is 5.11 Å². The summed E-state index contributed by atoms with van der Waals surface area (Å²) in [7, 11) is 1.94. The Kier molecular flexibility index (Phi) is 3.13. The first-order valence-corrected chi connectivity index (χ1v) is 6.53. The fraction of sp³-hybridized carbons (Fsp3) is 0.357. The molecule has 0 saturated carbocycles. The normalized spacial score (nSPS) is 15.7. The summed E-state index contributed by atoms with van der Waals surface area (Å²) in [5.74, 6) is 0.282. The van der Waals surface area contributed by atoms with E-state index in [-0.39, 0.29) is 5.75 Å². The van der Waals surface area contributed by atoms with E-state index in [4.69, 9.17) is 0 Å². The molecule has 2 aromatic rings. The maximum Gasteiger partial charge on any atom is 0.116 e. The van der Waals surface area contributed by atoms with Crippen molar-refractivity contribution in [3.8, 4) is 17.0 Å². The van der Waals surface area contributed by atoms with Gasteiger partial charge < -0.3 is 15.3 Å². The van der Waals surface area contributed by atoms with Crippen molar-refractivity contribution in [3.63, 3.8) is 0 Å². The second-order valence-corrected chi connectivity index (χ2v) is 4.79. The molecule has 3 rings (SSSR count). The Morgan fingerprint density at radius 3 is 2.79 bits per heavy atom. The van der Waals surface area contributed by atoms with Crippen molar-refractivity contribution in [3.05, 3.63) is 30.5 Å². The molecule has 1 aliphatic heterocycles. The van der Waals surface area contributed by atoms with E-state index in [9.17, 15) is 5.11 Å². The molecule has 1 saturated heterocycles. The largest absolute Gasteiger partial charge is 0.508 e. The average Bonchev–Trinajstić information content (AvgIpc) is 2.82. The second kappa shape index (κ2) is 4.93. The van der Waals surface area contributed by atoms with Gasteiger partial charge in [0.05, 0.1) is 17.6 Å². The molecule has 0 amide bonds. The molecular weight excluding hydrogens is 240 g/mol. The van der Waals surface area contributed by atoms with Gasteiger partial charge in [0.15, 0.2) is 0 Å². The zero-order valence-electron chi connectivity index (χ0n) is 11.0. The van der Waals surface area contributed by atoms with Crippen LogP contribution in [-0.2, 0) is 7.05 Å². The predicted molar refractivity (Wildman–Crippen MR) is 75.4 cm³/mol. The summed E-state index contributed by atoms with van der Waals surface area (Å²) in [6.07, 6.45) is 1.91. The van der Waals surface area contributed by atoms with Gasteiger partial charge in [0.1, 0.15) is 5.75 Å². The number of piperazine rings is 1. The molecule has 5 nitrogen and oxygen atoms in total. The lowest BCUT2D eigenvalue weighted by atomic mass is 10.1. The molecule has 2 heterocycles. The number of rotatable bonds is 2. The lowest BCUT2D eigenvalue weighted by Gasteiger charge is -2.29. The van der Waals surface area contributed by atoms with Crippen LogP contribution >= 0.6 is 0 Å². The first-order chi connectivity index (χ1) is 9.25. The van der Waals surface area contributed by atoms with Crippen molar-refractivity contribution >= 4 is 5.69 Å². The molecular formula is C14H18N4O. The average molecular weight is 258 g/mol. The zero-order chi connectivity index (χ0) is 13.2. The third-order valence-corrected chi connectivity index (χ3v) is 3.50. The molecule has 100 valence electrons. The van der Waals surface area contributed by atoms with Crippen molar-refractivity contribution in [2.24, 2.45) is 7.05 Å². The molecule has 1 aromatic carbocycles. The SMILES string of the molecule is Cn1ncc(N2CCNCC2)c1-c1cccc(O)c1. The zero-order valence-corrected chi connectivity index (χ0v) is 11.0. The monoisotopic (exact) mass is 258 g/mol. The van der Waals surface area contributed by atoms with Crippen LogP contribution in [0, 0.1) is 0 Å². The van der Waals surface area contributed by atoms with Gasteiger partial charge >= 0.3 is 0 Å². The van der Waals surface area contributed by atoms with Crippen LogP contribution in [0.1, 0.15) is 0 Å². The fourth-order valence-corrected chi connectivity index (χ4v) is 2.55. The van der Waals surface area contributed by atoms with Crippen molar-refractivity contribution in [1.82, 2.24) is 15.1 Å². The Bertz CT molecular complexity index is 573. The van der Waals surface area contributed by atoms with Gasteiger partial charge in [0.2, 0.25) is 0 Å². The van der Waals surface area contributed by atoms with Crippen LogP contribution in [-0.4, -0.2) is 41.1 Å². The minimum absolute atomic E-state index is 0.282. The number of hydrogen-bond acceptors (Lipinski definition) is 4. The quantitative estimate of drug-likeness (QED) is 0.850. The van der Waals surface area contributed by atoms with E-state index < -0.39 is 0 Å². The molecule has 5 heteroatoms. The van der Waals surface area contributed by atoms with Crippen molar-refractivity contribution in [2.75, 3.05) is 31.1 Å². The maximum absolute atomic E-state index is 9.65. The van der Waals surface area contributed by atoms with Crippen LogP contribution in [0.3, 0.4) is 0 Å². The van der Waals surface area contributed by atoms with Crippen LogP contribution in [0.15, 0.2) is 30.5 Å². The number of hydrogen-bond donors (Lipinski definition) is 2. The predicted octanol–water partition coefficient (Wildman–Crippen LogP) is 1.20. The van der Waals surface area contributed by atoms with Crippen molar-refractivity contribution in [2.45, 2.75) is 0 Å². The number of aromatic hydroxyl groups is 1. The third-order valence-electron chi connectivity index (χ3n) is 3.50. The molecule has 0 unspecified atom stereocenters. The number of benzene rings is 1. The highest BCUT2D eigenvalue weighted by Gasteiger charge is 2.18. The van der Waals surface area contributed by atoms with E-state index in [0.29, 0.717) is 0 Å². The van der Waals surface area contributed by atoms with Crippen LogP contribution < -0.4 is 10.2 Å². The maximum atomic E-state index is 9.65. The molecule has 0 radical (unpaired) electrons. The molecule has 1 aromatic heterocycles. The highest BCUT2D eigenvalue weighted by molar-refractivity contribution is 5.76. The highest BCUT2D eigenvalue weighted by atomic mass is 16.3. The Hall–Kier alpha value is -2.01. The summed E-state index contributed by atoms with van der Waals surface area (Å²) >= 11 is 0. The summed E-state index contributed by atoms with van der Waals surface area (Å²) in [6.45, 7) is 3.96. The molecule has 1 aliphatic rings. The third kappa shape index (κ3) is 2.29. The van der Waals surface area contributed by atoms with E-state index >= 15 is 0 Å². The van der Waals surface area contributed by atoms with Gasteiger partial charge in [-0.05, 0) is 12.1 Å². The van der Waals surface area contributed by atoms with E-state index in [2.05, 4.69) is 15.3 Å². The van der Waals surface area contributed by atoms with Crippen LogP contribution in [0.5, 0.6) is 5.75 Å². The molecule has 19 heavy (non-hydrogen) atoms. The summed E-state index contributed by atoms with van der Waals surface area (Å²) in [4.78, 5) is 2.34. The van der Waals surface area contributed by atoms with Gasteiger partial charge in [-0.15, -0.1) is 0 Å². The summed E-state index contributed by atoms with van der Waals surface area (Å²) in [5.41, 5.74) is 3.18. The van der Waals surface area contributed by atoms with Gasteiger partial charge in [0.25, 0.3) is 0 Å². The lowest BCUT2D eigenvalue weighted by Crippen LogP contribution is -2.43. The molecule has 0 bridgehead atoms. The standard InChI is InChI=1S/C14H18N4O/c1-17-14(11-3-2-4-12(19)9-11)13(10-16-17)18-7-5-15-6-8-18/h2-4,9-10,15,19H,5-8H2,1H3. The second-order valence-electron chi connectivity index (χ2n) is 4.79. The van der Waals surface area contributed by atoms with E-state index in [1.165, 1.54) is 0 Å². The minimum atomic E-state index is 0.282. The Morgan fingerprint density at radius 2 is 2.05 bits per heavy atom. The number of nitrogens with zero attached hydrogens (tertiary/aromatic N) is 3. The Labute approximate surface area is 112 Å². The minimum Gasteiger partial charge on any atom is -0.508 e. The number of phenolic OH excluding ortho intramolecular Hbond substituents is 1. The number of nitrogens with one attached hydrogen (secondary N) is 1. The number of aryl methyl sites for hydroxylation is 1. The number of anilines is 1. The lowest BCUT2D eigenvalue weighted by molar-refractivity contribution is 0.475. The van der Waals surface area contributed by atoms with Gasteiger partial charge in [-0.25, -0.2) is 0 Å². The van der Waals surface area contributed by atoms with Crippen LogP contribution in [0.4, 0.5) is 5.69 Å². The molecule has 0 aliphatic carbocycles. The number of phenols is 1. The molecule has 2 N–H and O–H groups in total. The van der Waals surface area contributed by atoms with Crippen LogP contribution in [0.2, 0.25) is 0 Å². The molecule has 0 spiro atoms. The Morgan fingerprint density at radius 1 is 1.26 bits per heavy atom. The molecule has 1 fully saturated rings. The number of aromatic nitrogens is 2. The van der Waals surface area contributed by atoms with Gasteiger partial charge in [-0.3, -0.25) is 4.68 Å². The fourth-order valence-electron chi connectivity index (χ4n) is 2.55. The van der Waals surface area contributed by atoms with E-state index in [1.54, 1.807) is 12.1 Å². The van der Waals surface area contributed by atoms with Gasteiger partial charge in [-0.2, -0.15) is 5.10 Å². The topological polar surface area (TPSA) is 53.3 Å². The van der Waals surface area contributed by atoms with Crippen molar-refractivity contribution in [1.29, 1.82) is 0 Å². The van der Waals surface area contributed by atoms with E-state index in [0.717, 1.165) is 43.1 Å². The van der Waals surface area contributed by atoms with E-state index in [1.807, 2.05) is 30.1 Å². The first kappa shape index (κ1) is 12.0. The smallest absolute Gasteiger partial charge is 0.116 e. The van der Waals surface area contributed by atoms with Gasteiger partial charge in [0, 0.05) is 38.8 Å². The summed E-state index contributed by atoms with van der Waals surface area (Å²) < 4.78 is 1.87.